The van der Waals surface area contributed by atoms with E-state index in [9.17, 15) is 0 Å². The van der Waals surface area contributed by atoms with E-state index in [1.165, 1.54) is 11.1 Å². The van der Waals surface area contributed by atoms with Crippen LogP contribution in [0.4, 0.5) is 0 Å². The SMILES string of the molecule is COC(C)c1ccc(C(OC)C(C)C)cc1. The topological polar surface area (TPSA) is 18.5 Å². The van der Waals surface area contributed by atoms with Crippen molar-refractivity contribution in [1.82, 2.24) is 0 Å². The molecule has 1 aromatic carbocycles. The lowest BCUT2D eigenvalue weighted by Crippen LogP contribution is -2.09. The van der Waals surface area contributed by atoms with E-state index in [1.54, 1.807) is 14.2 Å². The maximum absolute atomic E-state index is 5.49. The number of benzene rings is 1. The molecule has 2 atom stereocenters. The number of hydrogen-bond acceptors (Lipinski definition) is 2. The largest absolute Gasteiger partial charge is 0.377 e. The molecule has 90 valence electrons. The minimum atomic E-state index is 0.147. The van der Waals surface area contributed by atoms with Gasteiger partial charge in [-0.15, -0.1) is 0 Å². The molecule has 0 amide bonds. The van der Waals surface area contributed by atoms with E-state index in [0.717, 1.165) is 0 Å². The molecule has 0 radical (unpaired) electrons. The summed E-state index contributed by atoms with van der Waals surface area (Å²) >= 11 is 0. The lowest BCUT2D eigenvalue weighted by Gasteiger charge is -2.20. The first-order chi connectivity index (χ1) is 7.60. The van der Waals surface area contributed by atoms with Gasteiger partial charge in [0.2, 0.25) is 0 Å². The van der Waals surface area contributed by atoms with Crippen LogP contribution in [0.1, 0.15) is 44.1 Å². The van der Waals surface area contributed by atoms with Gasteiger partial charge in [-0.3, -0.25) is 0 Å². The lowest BCUT2D eigenvalue weighted by molar-refractivity contribution is 0.0645. The molecule has 2 unspecified atom stereocenters. The molecule has 0 fully saturated rings. The maximum atomic E-state index is 5.49. The second kappa shape index (κ2) is 6.02. The van der Waals surface area contributed by atoms with Gasteiger partial charge < -0.3 is 9.47 Å². The molecule has 16 heavy (non-hydrogen) atoms. The molecule has 1 rings (SSSR count). The molecule has 0 spiro atoms. The van der Waals surface area contributed by atoms with Crippen LogP contribution in [-0.2, 0) is 9.47 Å². The Bertz CT molecular complexity index is 303. The van der Waals surface area contributed by atoms with Crippen molar-refractivity contribution < 1.29 is 9.47 Å². The first-order valence-corrected chi connectivity index (χ1v) is 5.75. The Hall–Kier alpha value is -0.860. The molecule has 0 saturated carbocycles. The van der Waals surface area contributed by atoms with Crippen LogP contribution in [0.5, 0.6) is 0 Å². The highest BCUT2D eigenvalue weighted by Gasteiger charge is 2.14. The fourth-order valence-electron chi connectivity index (χ4n) is 1.89. The quantitative estimate of drug-likeness (QED) is 0.755. The summed E-state index contributed by atoms with van der Waals surface area (Å²) in [6, 6.07) is 8.47. The Labute approximate surface area is 98.6 Å². The van der Waals surface area contributed by atoms with Gasteiger partial charge in [0.05, 0.1) is 12.2 Å². The van der Waals surface area contributed by atoms with E-state index < -0.39 is 0 Å². The van der Waals surface area contributed by atoms with Gasteiger partial charge in [-0.05, 0) is 24.0 Å². The van der Waals surface area contributed by atoms with Gasteiger partial charge in [0.15, 0.2) is 0 Å². The van der Waals surface area contributed by atoms with Crippen molar-refractivity contribution in [3.63, 3.8) is 0 Å². The van der Waals surface area contributed by atoms with Gasteiger partial charge in [-0.25, -0.2) is 0 Å². The van der Waals surface area contributed by atoms with Crippen molar-refractivity contribution in [1.29, 1.82) is 0 Å². The fraction of sp³-hybridized carbons (Fsp3) is 0.571. The van der Waals surface area contributed by atoms with E-state index in [2.05, 4.69) is 38.1 Å². The second-order valence-corrected chi connectivity index (χ2v) is 4.44. The van der Waals surface area contributed by atoms with Crippen molar-refractivity contribution >= 4 is 0 Å². The highest BCUT2D eigenvalue weighted by molar-refractivity contribution is 5.25. The lowest BCUT2D eigenvalue weighted by atomic mass is 9.97. The normalized spacial score (nSPS) is 15.1. The molecule has 0 aromatic heterocycles. The third-order valence-corrected chi connectivity index (χ3v) is 2.95. The van der Waals surface area contributed by atoms with Gasteiger partial charge in [0.25, 0.3) is 0 Å². The van der Waals surface area contributed by atoms with Gasteiger partial charge >= 0.3 is 0 Å². The van der Waals surface area contributed by atoms with E-state index in [-0.39, 0.29) is 12.2 Å². The van der Waals surface area contributed by atoms with Crippen LogP contribution in [0.2, 0.25) is 0 Å². The Morgan fingerprint density at radius 2 is 1.31 bits per heavy atom. The third kappa shape index (κ3) is 3.06. The molecule has 0 bridgehead atoms. The highest BCUT2D eigenvalue weighted by atomic mass is 16.5. The standard InChI is InChI=1S/C14H22O2/c1-10(2)14(16-5)13-8-6-12(7-9-13)11(3)15-4/h6-11,14H,1-5H3. The summed E-state index contributed by atoms with van der Waals surface area (Å²) in [5, 5.41) is 0. The Morgan fingerprint density at radius 1 is 0.812 bits per heavy atom. The van der Waals surface area contributed by atoms with Gasteiger partial charge in [0.1, 0.15) is 0 Å². The van der Waals surface area contributed by atoms with E-state index >= 15 is 0 Å². The van der Waals surface area contributed by atoms with Gasteiger partial charge in [0, 0.05) is 14.2 Å². The summed E-state index contributed by atoms with van der Waals surface area (Å²) in [7, 11) is 3.49. The average Bonchev–Trinajstić information content (AvgIpc) is 2.29. The fourth-order valence-corrected chi connectivity index (χ4v) is 1.89. The summed E-state index contributed by atoms with van der Waals surface area (Å²) in [6.45, 7) is 6.38. The van der Waals surface area contributed by atoms with E-state index in [0.29, 0.717) is 5.92 Å². The summed E-state index contributed by atoms with van der Waals surface area (Å²) in [5.41, 5.74) is 2.43. The van der Waals surface area contributed by atoms with Crippen LogP contribution in [0, 0.1) is 5.92 Å². The van der Waals surface area contributed by atoms with Gasteiger partial charge in [-0.2, -0.15) is 0 Å². The number of hydrogen-bond donors (Lipinski definition) is 0. The Morgan fingerprint density at radius 3 is 1.69 bits per heavy atom. The number of methoxy groups -OCH3 is 2. The predicted octanol–water partition coefficient (Wildman–Crippen LogP) is 3.74. The molecule has 0 saturated heterocycles. The van der Waals surface area contributed by atoms with Crippen LogP contribution in [0.15, 0.2) is 24.3 Å². The van der Waals surface area contributed by atoms with Crippen molar-refractivity contribution in [3.8, 4) is 0 Å². The molecule has 2 heteroatoms. The Balaban J connectivity index is 2.85. The zero-order valence-electron chi connectivity index (χ0n) is 10.9. The van der Waals surface area contributed by atoms with E-state index in [1.807, 2.05) is 6.92 Å². The zero-order chi connectivity index (χ0) is 12.1. The molecule has 0 aliphatic carbocycles. The summed E-state index contributed by atoms with van der Waals surface area (Å²) in [6.07, 6.45) is 0.320. The first-order valence-electron chi connectivity index (χ1n) is 5.75. The second-order valence-electron chi connectivity index (χ2n) is 4.44. The highest BCUT2D eigenvalue weighted by Crippen LogP contribution is 2.26. The Kier molecular flexibility index (Phi) is 4.97. The van der Waals surface area contributed by atoms with Gasteiger partial charge in [-0.1, -0.05) is 38.1 Å². The summed E-state index contributed by atoms with van der Waals surface area (Å²) in [5.74, 6) is 0.482. The van der Waals surface area contributed by atoms with Crippen LogP contribution < -0.4 is 0 Å². The number of ether oxygens (including phenoxy) is 2. The minimum absolute atomic E-state index is 0.147. The monoisotopic (exact) mass is 222 g/mol. The maximum Gasteiger partial charge on any atom is 0.0844 e. The molecular formula is C14H22O2. The third-order valence-electron chi connectivity index (χ3n) is 2.95. The minimum Gasteiger partial charge on any atom is -0.377 e. The van der Waals surface area contributed by atoms with Crippen LogP contribution in [0.25, 0.3) is 0 Å². The smallest absolute Gasteiger partial charge is 0.0844 e. The molecular weight excluding hydrogens is 200 g/mol. The average molecular weight is 222 g/mol. The van der Waals surface area contributed by atoms with Crippen molar-refractivity contribution in [2.45, 2.75) is 33.0 Å². The zero-order valence-corrected chi connectivity index (χ0v) is 10.9. The molecule has 0 aliphatic heterocycles. The molecule has 0 heterocycles. The molecule has 1 aromatic rings. The van der Waals surface area contributed by atoms with Crippen LogP contribution in [0.3, 0.4) is 0 Å². The van der Waals surface area contributed by atoms with Crippen LogP contribution >= 0.6 is 0 Å². The van der Waals surface area contributed by atoms with Crippen molar-refractivity contribution in [2.24, 2.45) is 5.92 Å². The summed E-state index contributed by atoms with van der Waals surface area (Å²) < 4.78 is 10.8. The summed E-state index contributed by atoms with van der Waals surface area (Å²) in [4.78, 5) is 0. The predicted molar refractivity (Wildman–Crippen MR) is 66.5 cm³/mol. The molecule has 2 nitrogen and oxygen atoms in total. The van der Waals surface area contributed by atoms with E-state index in [4.69, 9.17) is 9.47 Å². The number of rotatable bonds is 5. The molecule has 0 aliphatic rings. The van der Waals surface area contributed by atoms with Crippen molar-refractivity contribution in [3.05, 3.63) is 35.4 Å². The van der Waals surface area contributed by atoms with Crippen LogP contribution in [-0.4, -0.2) is 14.2 Å². The van der Waals surface area contributed by atoms with Crippen molar-refractivity contribution in [2.75, 3.05) is 14.2 Å². The first kappa shape index (κ1) is 13.2. The molecule has 0 N–H and O–H groups in total.